The SMILES string of the molecule is COc1cccc(CCC(O)c2c(OCCN(C)C)c(OC)c3occc3c2OC)c1. The second kappa shape index (κ2) is 10.4. The summed E-state index contributed by atoms with van der Waals surface area (Å²) in [6, 6.07) is 9.63. The van der Waals surface area contributed by atoms with E-state index in [-0.39, 0.29) is 0 Å². The summed E-state index contributed by atoms with van der Waals surface area (Å²) < 4.78 is 28.4. The first-order valence-corrected chi connectivity index (χ1v) is 10.2. The lowest BCUT2D eigenvalue weighted by molar-refractivity contribution is 0.154. The summed E-state index contributed by atoms with van der Waals surface area (Å²) in [7, 11) is 8.73. The standard InChI is InChI=1S/C24H31NO6/c1-25(2)12-14-31-23-20(19(26)10-9-16-7-6-8-17(15-16)27-3)21(28-4)18-11-13-30-22(18)24(23)29-5/h6-8,11,13,15,19,26H,9-10,12,14H2,1-5H3. The van der Waals surface area contributed by atoms with E-state index in [0.717, 1.165) is 16.7 Å². The number of rotatable bonds is 11. The van der Waals surface area contributed by atoms with Crippen LogP contribution in [0, 0.1) is 0 Å². The minimum Gasteiger partial charge on any atom is -0.497 e. The van der Waals surface area contributed by atoms with Gasteiger partial charge in [0.05, 0.1) is 44.6 Å². The van der Waals surface area contributed by atoms with Crippen LogP contribution in [0.25, 0.3) is 11.0 Å². The van der Waals surface area contributed by atoms with Crippen molar-refractivity contribution in [1.82, 2.24) is 4.90 Å². The number of furan rings is 1. The first-order valence-electron chi connectivity index (χ1n) is 10.2. The first kappa shape index (κ1) is 22.8. The molecule has 1 N–H and O–H groups in total. The van der Waals surface area contributed by atoms with Crippen LogP contribution in [-0.2, 0) is 6.42 Å². The fourth-order valence-corrected chi connectivity index (χ4v) is 3.59. The van der Waals surface area contributed by atoms with E-state index in [4.69, 9.17) is 23.4 Å². The molecule has 3 rings (SSSR count). The largest absolute Gasteiger partial charge is 0.497 e. The average molecular weight is 430 g/mol. The highest BCUT2D eigenvalue weighted by molar-refractivity contribution is 5.93. The summed E-state index contributed by atoms with van der Waals surface area (Å²) in [6.07, 6.45) is 1.87. The second-order valence-corrected chi connectivity index (χ2v) is 7.53. The lowest BCUT2D eigenvalue weighted by Gasteiger charge is -2.23. The van der Waals surface area contributed by atoms with Crippen LogP contribution in [0.3, 0.4) is 0 Å². The van der Waals surface area contributed by atoms with Crippen molar-refractivity contribution in [3.05, 3.63) is 47.7 Å². The fraction of sp³-hybridized carbons (Fsp3) is 0.417. The predicted molar refractivity (Wildman–Crippen MR) is 120 cm³/mol. The normalized spacial score (nSPS) is 12.2. The van der Waals surface area contributed by atoms with Crippen LogP contribution < -0.4 is 18.9 Å². The number of aryl methyl sites for hydroxylation is 1. The molecule has 2 aromatic carbocycles. The third kappa shape index (κ3) is 5.06. The summed E-state index contributed by atoms with van der Waals surface area (Å²) in [4.78, 5) is 2.02. The zero-order valence-corrected chi connectivity index (χ0v) is 18.8. The lowest BCUT2D eigenvalue weighted by Crippen LogP contribution is -2.20. The van der Waals surface area contributed by atoms with Gasteiger partial charge in [0.25, 0.3) is 0 Å². The van der Waals surface area contributed by atoms with Gasteiger partial charge in [-0.2, -0.15) is 0 Å². The monoisotopic (exact) mass is 429 g/mol. The summed E-state index contributed by atoms with van der Waals surface area (Å²) in [5.41, 5.74) is 2.17. The number of methoxy groups -OCH3 is 3. The molecule has 0 spiro atoms. The van der Waals surface area contributed by atoms with Gasteiger partial charge in [-0.05, 0) is 50.7 Å². The molecule has 1 heterocycles. The number of ether oxygens (including phenoxy) is 4. The Morgan fingerprint density at radius 2 is 1.77 bits per heavy atom. The summed E-state index contributed by atoms with van der Waals surface area (Å²) in [6.45, 7) is 1.13. The van der Waals surface area contributed by atoms with E-state index in [2.05, 4.69) is 0 Å². The van der Waals surface area contributed by atoms with Crippen LogP contribution >= 0.6 is 0 Å². The number of fused-ring (bicyclic) bond motifs is 1. The molecular weight excluding hydrogens is 398 g/mol. The van der Waals surface area contributed by atoms with Gasteiger partial charge in [0.1, 0.15) is 18.1 Å². The molecule has 0 radical (unpaired) electrons. The van der Waals surface area contributed by atoms with Crippen LogP contribution in [0.15, 0.2) is 41.0 Å². The van der Waals surface area contributed by atoms with Crippen molar-refractivity contribution in [3.8, 4) is 23.0 Å². The molecule has 0 amide bonds. The molecule has 0 aliphatic carbocycles. The fourth-order valence-electron chi connectivity index (χ4n) is 3.59. The molecule has 0 bridgehead atoms. The summed E-state index contributed by atoms with van der Waals surface area (Å²) in [5.74, 6) is 2.22. The van der Waals surface area contributed by atoms with Gasteiger partial charge in [-0.25, -0.2) is 0 Å². The Labute approximate surface area is 183 Å². The van der Waals surface area contributed by atoms with E-state index in [1.807, 2.05) is 43.3 Å². The van der Waals surface area contributed by atoms with Crippen molar-refractivity contribution in [1.29, 1.82) is 0 Å². The third-order valence-corrected chi connectivity index (χ3v) is 5.18. The van der Waals surface area contributed by atoms with E-state index < -0.39 is 6.10 Å². The molecular formula is C24H31NO6. The van der Waals surface area contributed by atoms with E-state index in [0.29, 0.717) is 54.4 Å². The van der Waals surface area contributed by atoms with E-state index in [1.165, 1.54) is 0 Å². The van der Waals surface area contributed by atoms with Gasteiger partial charge in [0.2, 0.25) is 5.75 Å². The molecule has 1 unspecified atom stereocenters. The lowest BCUT2D eigenvalue weighted by atomic mass is 9.97. The second-order valence-electron chi connectivity index (χ2n) is 7.53. The van der Waals surface area contributed by atoms with Crippen molar-refractivity contribution in [2.24, 2.45) is 0 Å². The van der Waals surface area contributed by atoms with Crippen LogP contribution in [0.4, 0.5) is 0 Å². The molecule has 7 nitrogen and oxygen atoms in total. The number of hydrogen-bond donors (Lipinski definition) is 1. The molecule has 0 fully saturated rings. The van der Waals surface area contributed by atoms with Crippen LogP contribution in [0.2, 0.25) is 0 Å². The van der Waals surface area contributed by atoms with Crippen molar-refractivity contribution in [2.45, 2.75) is 18.9 Å². The van der Waals surface area contributed by atoms with Gasteiger partial charge in [-0.1, -0.05) is 12.1 Å². The Bertz CT molecular complexity index is 997. The smallest absolute Gasteiger partial charge is 0.205 e. The molecule has 7 heteroatoms. The van der Waals surface area contributed by atoms with E-state index in [9.17, 15) is 5.11 Å². The Kier molecular flexibility index (Phi) is 7.65. The number of aliphatic hydroxyl groups is 1. The minimum absolute atomic E-state index is 0.425. The van der Waals surface area contributed by atoms with Gasteiger partial charge in [0.15, 0.2) is 11.3 Å². The molecule has 168 valence electrons. The molecule has 1 atom stereocenters. The van der Waals surface area contributed by atoms with Crippen molar-refractivity contribution in [3.63, 3.8) is 0 Å². The number of benzene rings is 2. The van der Waals surface area contributed by atoms with Crippen LogP contribution in [-0.4, -0.2) is 58.6 Å². The number of hydrogen-bond acceptors (Lipinski definition) is 7. The maximum absolute atomic E-state index is 11.2. The molecule has 31 heavy (non-hydrogen) atoms. The zero-order chi connectivity index (χ0) is 22.4. The Balaban J connectivity index is 1.98. The molecule has 0 saturated carbocycles. The molecule has 0 aliphatic rings. The van der Waals surface area contributed by atoms with Gasteiger partial charge in [-0.3, -0.25) is 0 Å². The number of nitrogens with zero attached hydrogens (tertiary/aromatic N) is 1. The molecule has 3 aromatic rings. The van der Waals surface area contributed by atoms with Crippen molar-refractivity contribution < 1.29 is 28.5 Å². The third-order valence-electron chi connectivity index (χ3n) is 5.18. The first-order chi connectivity index (χ1) is 15.0. The van der Waals surface area contributed by atoms with Crippen LogP contribution in [0.1, 0.15) is 23.7 Å². The highest BCUT2D eigenvalue weighted by Crippen LogP contribution is 2.49. The molecule has 1 aromatic heterocycles. The predicted octanol–water partition coefficient (Wildman–Crippen LogP) is 4.07. The topological polar surface area (TPSA) is 73.5 Å². The van der Waals surface area contributed by atoms with Gasteiger partial charge < -0.3 is 33.4 Å². The summed E-state index contributed by atoms with van der Waals surface area (Å²) in [5, 5.41) is 12.0. The van der Waals surface area contributed by atoms with Crippen LogP contribution in [0.5, 0.6) is 23.0 Å². The van der Waals surface area contributed by atoms with Crippen molar-refractivity contribution in [2.75, 3.05) is 48.6 Å². The maximum Gasteiger partial charge on any atom is 0.205 e. The average Bonchev–Trinajstić information content (AvgIpc) is 3.25. The highest BCUT2D eigenvalue weighted by Gasteiger charge is 2.29. The zero-order valence-electron chi connectivity index (χ0n) is 18.8. The number of likely N-dealkylation sites (N-methyl/N-ethyl adjacent to an activating group) is 1. The quantitative estimate of drug-likeness (QED) is 0.493. The summed E-state index contributed by atoms with van der Waals surface area (Å²) >= 11 is 0. The Morgan fingerprint density at radius 1 is 1.00 bits per heavy atom. The minimum atomic E-state index is -0.830. The number of aliphatic hydroxyl groups excluding tert-OH is 1. The van der Waals surface area contributed by atoms with E-state index >= 15 is 0 Å². The van der Waals surface area contributed by atoms with Gasteiger partial charge in [0, 0.05) is 6.54 Å². The highest BCUT2D eigenvalue weighted by atomic mass is 16.5. The van der Waals surface area contributed by atoms with Gasteiger partial charge in [-0.15, -0.1) is 0 Å². The molecule has 0 saturated heterocycles. The van der Waals surface area contributed by atoms with Gasteiger partial charge >= 0.3 is 0 Å². The maximum atomic E-state index is 11.2. The Morgan fingerprint density at radius 3 is 2.45 bits per heavy atom. The van der Waals surface area contributed by atoms with Crippen molar-refractivity contribution >= 4 is 11.0 Å². The molecule has 0 aliphatic heterocycles. The van der Waals surface area contributed by atoms with E-state index in [1.54, 1.807) is 33.7 Å². The Hall–Kier alpha value is -2.90.